The van der Waals surface area contributed by atoms with Gasteiger partial charge in [-0.1, -0.05) is 6.07 Å². The number of carbonyl (C=O) groups is 1. The number of hydrogen-bond acceptors (Lipinski definition) is 7. The number of amides is 1. The standard InChI is InChI=1S/C26H31FN6O3/c1-28-26-29-4-6-33(26)15-18-11-19(16-31-7-9-36-10-8-31)21-3-5-32(25(34)22(21)12-18)17-20-13-24(35-2)23(27)14-30-20/h4,6,11-14H,3,5,7-10,15-17H2,1-2H3,(H,28,29). The predicted molar refractivity (Wildman–Crippen MR) is 133 cm³/mol. The van der Waals surface area contributed by atoms with Gasteiger partial charge in [-0.3, -0.25) is 14.7 Å². The average Bonchev–Trinajstić information content (AvgIpc) is 3.34. The third kappa shape index (κ3) is 5.05. The maximum atomic E-state index is 13.8. The molecule has 2 aliphatic rings. The maximum Gasteiger partial charge on any atom is 0.254 e. The molecule has 1 fully saturated rings. The van der Waals surface area contributed by atoms with Gasteiger partial charge in [0.05, 0.1) is 45.3 Å². The number of pyridine rings is 1. The van der Waals surface area contributed by atoms with E-state index in [4.69, 9.17) is 9.47 Å². The summed E-state index contributed by atoms with van der Waals surface area (Å²) in [6, 6.07) is 5.78. The van der Waals surface area contributed by atoms with Crippen molar-refractivity contribution in [3.8, 4) is 5.75 Å². The van der Waals surface area contributed by atoms with Gasteiger partial charge in [0.15, 0.2) is 11.6 Å². The molecule has 4 heterocycles. The number of methoxy groups -OCH3 is 1. The third-order valence-corrected chi connectivity index (χ3v) is 6.79. The molecule has 3 aromatic rings. The zero-order valence-electron chi connectivity index (χ0n) is 20.7. The summed E-state index contributed by atoms with van der Waals surface area (Å²) in [7, 11) is 3.26. The van der Waals surface area contributed by atoms with Gasteiger partial charge < -0.3 is 24.3 Å². The van der Waals surface area contributed by atoms with Gasteiger partial charge in [-0.15, -0.1) is 0 Å². The minimum absolute atomic E-state index is 0.0362. The molecule has 0 radical (unpaired) electrons. The van der Waals surface area contributed by atoms with Crippen molar-refractivity contribution in [1.82, 2.24) is 24.3 Å². The molecule has 0 unspecified atom stereocenters. The van der Waals surface area contributed by atoms with E-state index < -0.39 is 5.82 Å². The highest BCUT2D eigenvalue weighted by molar-refractivity contribution is 5.97. The molecule has 2 aliphatic heterocycles. The number of nitrogens with zero attached hydrogens (tertiary/aromatic N) is 5. The first-order chi connectivity index (χ1) is 17.6. The van der Waals surface area contributed by atoms with Crippen LogP contribution in [0, 0.1) is 5.82 Å². The minimum atomic E-state index is -0.519. The zero-order valence-corrected chi connectivity index (χ0v) is 20.7. The lowest BCUT2D eigenvalue weighted by molar-refractivity contribution is 0.0339. The second kappa shape index (κ2) is 10.6. The number of rotatable bonds is 8. The molecule has 0 saturated carbocycles. The summed E-state index contributed by atoms with van der Waals surface area (Å²) in [6.45, 7) is 5.46. The van der Waals surface area contributed by atoms with Crippen LogP contribution in [-0.2, 0) is 30.8 Å². The van der Waals surface area contributed by atoms with Crippen LogP contribution in [0.1, 0.15) is 32.7 Å². The normalized spacial score (nSPS) is 16.2. The lowest BCUT2D eigenvalue weighted by Crippen LogP contribution is -2.39. The van der Waals surface area contributed by atoms with Gasteiger partial charge in [-0.2, -0.15) is 0 Å². The Bertz CT molecular complexity index is 1240. The van der Waals surface area contributed by atoms with Crippen molar-refractivity contribution < 1.29 is 18.7 Å². The van der Waals surface area contributed by atoms with Crippen LogP contribution in [0.5, 0.6) is 5.75 Å². The summed E-state index contributed by atoms with van der Waals surface area (Å²) >= 11 is 0. The van der Waals surface area contributed by atoms with Crippen molar-refractivity contribution in [3.63, 3.8) is 0 Å². The number of imidazole rings is 1. The number of nitrogens with one attached hydrogen (secondary N) is 1. The molecule has 0 spiro atoms. The molecule has 1 amide bonds. The minimum Gasteiger partial charge on any atom is -0.494 e. The molecule has 36 heavy (non-hydrogen) atoms. The van der Waals surface area contributed by atoms with Crippen molar-refractivity contribution >= 4 is 11.9 Å². The Labute approximate surface area is 209 Å². The number of hydrogen-bond donors (Lipinski definition) is 1. The Balaban J connectivity index is 1.45. The van der Waals surface area contributed by atoms with Crippen molar-refractivity contribution in [2.75, 3.05) is 52.3 Å². The molecule has 0 aliphatic carbocycles. The summed E-state index contributed by atoms with van der Waals surface area (Å²) in [6.07, 6.45) is 5.58. The van der Waals surface area contributed by atoms with Crippen LogP contribution in [0.15, 0.2) is 36.8 Å². The molecule has 2 aromatic heterocycles. The van der Waals surface area contributed by atoms with Crippen LogP contribution in [0.3, 0.4) is 0 Å². The van der Waals surface area contributed by atoms with E-state index in [1.807, 2.05) is 23.9 Å². The second-order valence-electron chi connectivity index (χ2n) is 9.09. The number of carbonyl (C=O) groups excluding carboxylic acids is 1. The maximum absolute atomic E-state index is 13.8. The summed E-state index contributed by atoms with van der Waals surface area (Å²) in [5.41, 5.74) is 4.65. The number of halogens is 1. The quantitative estimate of drug-likeness (QED) is 0.515. The molecule has 190 valence electrons. The number of benzene rings is 1. The van der Waals surface area contributed by atoms with E-state index in [0.717, 1.165) is 68.1 Å². The molecule has 9 nitrogen and oxygen atoms in total. The highest BCUT2D eigenvalue weighted by Gasteiger charge is 2.28. The Hall–Kier alpha value is -3.50. The van der Waals surface area contributed by atoms with Gasteiger partial charge in [0.1, 0.15) is 0 Å². The van der Waals surface area contributed by atoms with Crippen molar-refractivity contribution in [2.45, 2.75) is 26.1 Å². The SMILES string of the molecule is CNc1nccn1Cc1cc(CN2CCOCC2)c2c(c1)C(=O)N(Cc1cc(OC)c(F)cn1)CC2. The first-order valence-electron chi connectivity index (χ1n) is 12.2. The molecule has 10 heteroatoms. The molecule has 1 N–H and O–H groups in total. The molecular formula is C26H31FN6O3. The third-order valence-electron chi connectivity index (χ3n) is 6.79. The van der Waals surface area contributed by atoms with Crippen molar-refractivity contribution in [2.24, 2.45) is 0 Å². The topological polar surface area (TPSA) is 84.8 Å². The van der Waals surface area contributed by atoms with Gasteiger partial charge >= 0.3 is 0 Å². The summed E-state index contributed by atoms with van der Waals surface area (Å²) in [4.78, 5) is 26.4. The van der Waals surface area contributed by atoms with Crippen LogP contribution >= 0.6 is 0 Å². The summed E-state index contributed by atoms with van der Waals surface area (Å²) in [5.74, 6) is 0.340. The molecule has 1 aromatic carbocycles. The van der Waals surface area contributed by atoms with Crippen LogP contribution < -0.4 is 10.1 Å². The van der Waals surface area contributed by atoms with E-state index in [-0.39, 0.29) is 11.7 Å². The van der Waals surface area contributed by atoms with Gasteiger partial charge in [-0.05, 0) is 29.2 Å². The fourth-order valence-electron chi connectivity index (χ4n) is 4.95. The fourth-order valence-corrected chi connectivity index (χ4v) is 4.95. The fraction of sp³-hybridized carbons (Fsp3) is 0.423. The van der Waals surface area contributed by atoms with E-state index >= 15 is 0 Å². The lowest BCUT2D eigenvalue weighted by Gasteiger charge is -2.32. The van der Waals surface area contributed by atoms with Gasteiger partial charge in [-0.25, -0.2) is 9.37 Å². The molecule has 0 bridgehead atoms. The largest absolute Gasteiger partial charge is 0.494 e. The van der Waals surface area contributed by atoms with Gasteiger partial charge in [0, 0.05) is 57.3 Å². The summed E-state index contributed by atoms with van der Waals surface area (Å²) < 4.78 is 26.5. The molecule has 5 rings (SSSR count). The molecule has 0 atom stereocenters. The Morgan fingerprint density at radius 3 is 2.72 bits per heavy atom. The van der Waals surface area contributed by atoms with Gasteiger partial charge in [0.2, 0.25) is 5.95 Å². The Kier molecular flexibility index (Phi) is 7.15. The second-order valence-corrected chi connectivity index (χ2v) is 9.09. The first kappa shape index (κ1) is 24.2. The number of ether oxygens (including phenoxy) is 2. The molecular weight excluding hydrogens is 463 g/mol. The Morgan fingerprint density at radius 1 is 1.11 bits per heavy atom. The lowest BCUT2D eigenvalue weighted by atomic mass is 9.91. The van der Waals surface area contributed by atoms with Gasteiger partial charge in [0.25, 0.3) is 5.91 Å². The van der Waals surface area contributed by atoms with E-state index in [1.54, 1.807) is 17.2 Å². The van der Waals surface area contributed by atoms with Crippen LogP contribution in [0.2, 0.25) is 0 Å². The van der Waals surface area contributed by atoms with E-state index in [9.17, 15) is 9.18 Å². The van der Waals surface area contributed by atoms with E-state index in [2.05, 4.69) is 26.3 Å². The predicted octanol–water partition coefficient (Wildman–Crippen LogP) is 2.55. The number of morpholine rings is 1. The van der Waals surface area contributed by atoms with Crippen molar-refractivity contribution in [3.05, 3.63) is 70.6 Å². The summed E-state index contributed by atoms with van der Waals surface area (Å²) in [5, 5.41) is 3.11. The van der Waals surface area contributed by atoms with E-state index in [0.29, 0.717) is 25.3 Å². The monoisotopic (exact) mass is 494 g/mol. The van der Waals surface area contributed by atoms with Crippen molar-refractivity contribution in [1.29, 1.82) is 0 Å². The first-order valence-corrected chi connectivity index (χ1v) is 12.2. The van der Waals surface area contributed by atoms with E-state index in [1.165, 1.54) is 12.7 Å². The number of aromatic nitrogens is 3. The highest BCUT2D eigenvalue weighted by Crippen LogP contribution is 2.28. The Morgan fingerprint density at radius 2 is 1.94 bits per heavy atom. The molecule has 1 saturated heterocycles. The number of fused-ring (bicyclic) bond motifs is 1. The average molecular weight is 495 g/mol. The smallest absolute Gasteiger partial charge is 0.254 e. The number of anilines is 1. The van der Waals surface area contributed by atoms with Crippen LogP contribution in [0.4, 0.5) is 10.3 Å². The van der Waals surface area contributed by atoms with Crippen LogP contribution in [-0.4, -0.2) is 77.2 Å². The highest BCUT2D eigenvalue weighted by atomic mass is 19.1. The zero-order chi connectivity index (χ0) is 25.1. The van der Waals surface area contributed by atoms with Crippen LogP contribution in [0.25, 0.3) is 0 Å².